The zero-order valence-corrected chi connectivity index (χ0v) is 16.1. The third-order valence-corrected chi connectivity index (χ3v) is 5.18. The Morgan fingerprint density at radius 1 is 1.07 bits per heavy atom. The van der Waals surface area contributed by atoms with Crippen molar-refractivity contribution in [2.45, 2.75) is 6.04 Å². The van der Waals surface area contributed by atoms with Gasteiger partial charge in [-0.15, -0.1) is 12.4 Å². The van der Waals surface area contributed by atoms with E-state index in [1.807, 2.05) is 37.4 Å². The van der Waals surface area contributed by atoms with Crippen molar-refractivity contribution < 1.29 is 4.79 Å². The Morgan fingerprint density at radius 3 is 2.64 bits per heavy atom. The lowest BCUT2D eigenvalue weighted by Crippen LogP contribution is -2.57. The molecular formula is C21H19ClN4O2. The first-order valence-corrected chi connectivity index (χ1v) is 8.94. The molecule has 0 spiro atoms. The van der Waals surface area contributed by atoms with Gasteiger partial charge in [0.05, 0.1) is 22.5 Å². The zero-order valence-electron chi connectivity index (χ0n) is 15.3. The molecule has 0 bridgehead atoms. The maximum absolute atomic E-state index is 13.0. The number of nitrogens with zero attached hydrogens (tertiary/aromatic N) is 3. The lowest BCUT2D eigenvalue weighted by Gasteiger charge is -2.36. The van der Waals surface area contributed by atoms with Gasteiger partial charge in [0.1, 0.15) is 0 Å². The molecule has 5 rings (SSSR count). The van der Waals surface area contributed by atoms with Crippen LogP contribution in [0.4, 0.5) is 0 Å². The van der Waals surface area contributed by atoms with Crippen LogP contribution in [0.2, 0.25) is 0 Å². The number of rotatable bonds is 2. The molecule has 1 aliphatic heterocycles. The molecule has 7 heteroatoms. The third-order valence-electron chi connectivity index (χ3n) is 5.18. The van der Waals surface area contributed by atoms with Gasteiger partial charge in [-0.3, -0.25) is 14.0 Å². The Balaban J connectivity index is 0.00000192. The van der Waals surface area contributed by atoms with Crippen molar-refractivity contribution in [3.63, 3.8) is 0 Å². The number of hydrogen-bond acceptors (Lipinski definition) is 4. The molecule has 2 aromatic heterocycles. The van der Waals surface area contributed by atoms with E-state index in [-0.39, 0.29) is 29.9 Å². The van der Waals surface area contributed by atoms with Crippen molar-refractivity contribution >= 4 is 45.6 Å². The smallest absolute Gasteiger partial charge is 0.265 e. The summed E-state index contributed by atoms with van der Waals surface area (Å²) in [6, 6.07) is 15.1. The summed E-state index contributed by atoms with van der Waals surface area (Å²) in [5, 5.41) is 5.49. The molecule has 0 saturated carbocycles. The summed E-state index contributed by atoms with van der Waals surface area (Å²) >= 11 is 0. The molecule has 1 saturated heterocycles. The summed E-state index contributed by atoms with van der Waals surface area (Å²) in [5.41, 5.74) is 1.26. The van der Waals surface area contributed by atoms with E-state index in [2.05, 4.69) is 10.2 Å². The molecule has 3 heterocycles. The minimum absolute atomic E-state index is 0. The summed E-state index contributed by atoms with van der Waals surface area (Å²) < 4.78 is 1.46. The predicted molar refractivity (Wildman–Crippen MR) is 112 cm³/mol. The number of pyridine rings is 1. The van der Waals surface area contributed by atoms with E-state index >= 15 is 0 Å². The van der Waals surface area contributed by atoms with Crippen molar-refractivity contribution in [2.24, 2.45) is 0 Å². The number of benzene rings is 2. The minimum atomic E-state index is -0.197. The Bertz CT molecular complexity index is 1280. The van der Waals surface area contributed by atoms with E-state index < -0.39 is 0 Å². The zero-order chi connectivity index (χ0) is 18.5. The van der Waals surface area contributed by atoms with Crippen LogP contribution in [0.5, 0.6) is 0 Å². The standard InChI is InChI=1S/C21H18N4O2.ClH/c1-24-11-14(12-24)22-20(26)17-7-4-10-25-19(17)23-18-15-6-3-2-5-13(15)8-9-16(18)21(25)27;/h2-10,14H,11-12H2,1H3,(H,22,26);1H. The topological polar surface area (TPSA) is 66.7 Å². The molecule has 1 aliphatic rings. The molecule has 1 N–H and O–H groups in total. The Labute approximate surface area is 167 Å². The van der Waals surface area contributed by atoms with Crippen molar-refractivity contribution in [3.8, 4) is 0 Å². The quantitative estimate of drug-likeness (QED) is 0.419. The summed E-state index contributed by atoms with van der Waals surface area (Å²) in [4.78, 5) is 32.7. The molecule has 0 unspecified atom stereocenters. The minimum Gasteiger partial charge on any atom is -0.347 e. The van der Waals surface area contributed by atoms with Crippen LogP contribution in [-0.2, 0) is 0 Å². The highest BCUT2D eigenvalue weighted by molar-refractivity contribution is 6.07. The lowest BCUT2D eigenvalue weighted by atomic mass is 10.1. The molecule has 0 atom stereocenters. The highest BCUT2D eigenvalue weighted by Gasteiger charge is 2.26. The van der Waals surface area contributed by atoms with E-state index in [9.17, 15) is 9.59 Å². The summed E-state index contributed by atoms with van der Waals surface area (Å²) in [5.74, 6) is -0.197. The highest BCUT2D eigenvalue weighted by Crippen LogP contribution is 2.23. The predicted octanol–water partition coefficient (Wildman–Crippen LogP) is 2.47. The van der Waals surface area contributed by atoms with Gasteiger partial charge in [-0.1, -0.05) is 30.3 Å². The Morgan fingerprint density at radius 2 is 1.86 bits per heavy atom. The van der Waals surface area contributed by atoms with Crippen LogP contribution in [-0.4, -0.2) is 46.4 Å². The van der Waals surface area contributed by atoms with Crippen LogP contribution in [0.1, 0.15) is 10.4 Å². The van der Waals surface area contributed by atoms with E-state index in [4.69, 9.17) is 4.98 Å². The van der Waals surface area contributed by atoms with Crippen LogP contribution in [0.25, 0.3) is 27.3 Å². The largest absolute Gasteiger partial charge is 0.347 e. The average molecular weight is 395 g/mol. The van der Waals surface area contributed by atoms with Gasteiger partial charge in [0.25, 0.3) is 11.5 Å². The second-order valence-electron chi connectivity index (χ2n) is 7.11. The second kappa shape index (κ2) is 6.89. The van der Waals surface area contributed by atoms with Gasteiger partial charge >= 0.3 is 0 Å². The van der Waals surface area contributed by atoms with Crippen LogP contribution >= 0.6 is 12.4 Å². The van der Waals surface area contributed by atoms with Crippen molar-refractivity contribution in [3.05, 3.63) is 70.6 Å². The van der Waals surface area contributed by atoms with Crippen LogP contribution in [0, 0.1) is 0 Å². The number of carbonyl (C=O) groups excluding carboxylic acids is 1. The van der Waals surface area contributed by atoms with E-state index in [1.165, 1.54) is 4.40 Å². The van der Waals surface area contributed by atoms with Gasteiger partial charge in [0, 0.05) is 24.7 Å². The molecule has 28 heavy (non-hydrogen) atoms. The fraction of sp³-hybridized carbons (Fsp3) is 0.190. The number of aromatic nitrogens is 2. The molecule has 4 aromatic rings. The lowest BCUT2D eigenvalue weighted by molar-refractivity contribution is 0.0859. The van der Waals surface area contributed by atoms with Gasteiger partial charge < -0.3 is 10.2 Å². The number of halogens is 1. The van der Waals surface area contributed by atoms with Crippen LogP contribution in [0.3, 0.4) is 0 Å². The van der Waals surface area contributed by atoms with E-state index in [0.29, 0.717) is 22.1 Å². The van der Waals surface area contributed by atoms with Crippen LogP contribution in [0.15, 0.2) is 59.5 Å². The normalized spacial score (nSPS) is 14.8. The van der Waals surface area contributed by atoms with Crippen molar-refractivity contribution in [1.82, 2.24) is 19.6 Å². The molecule has 2 aromatic carbocycles. The van der Waals surface area contributed by atoms with Crippen LogP contribution < -0.4 is 10.9 Å². The number of likely N-dealkylation sites (tertiary alicyclic amines) is 1. The number of hydrogen-bond donors (Lipinski definition) is 1. The fourth-order valence-electron chi connectivity index (χ4n) is 3.79. The average Bonchev–Trinajstić information content (AvgIpc) is 2.66. The SMILES string of the molecule is CN1CC(NC(=O)c2cccn3c(=O)c4ccc5ccccc5c4nc23)C1.Cl. The second-order valence-corrected chi connectivity index (χ2v) is 7.11. The maximum atomic E-state index is 13.0. The van der Waals surface area contributed by atoms with E-state index in [0.717, 1.165) is 23.9 Å². The third kappa shape index (κ3) is 2.82. The number of likely N-dealkylation sites (N-methyl/N-ethyl adjacent to an activating group) is 1. The molecule has 6 nitrogen and oxygen atoms in total. The first kappa shape index (κ1) is 18.4. The molecule has 0 radical (unpaired) electrons. The summed E-state index contributed by atoms with van der Waals surface area (Å²) in [7, 11) is 2.01. The van der Waals surface area contributed by atoms with E-state index in [1.54, 1.807) is 24.4 Å². The number of amides is 1. The first-order chi connectivity index (χ1) is 13.1. The summed E-state index contributed by atoms with van der Waals surface area (Å²) in [6.07, 6.45) is 1.66. The highest BCUT2D eigenvalue weighted by atomic mass is 35.5. The monoisotopic (exact) mass is 394 g/mol. The fourth-order valence-corrected chi connectivity index (χ4v) is 3.79. The Kier molecular flexibility index (Phi) is 4.53. The molecule has 142 valence electrons. The van der Waals surface area contributed by atoms with Gasteiger partial charge in [-0.05, 0) is 30.6 Å². The molecule has 1 fully saturated rings. The number of fused-ring (bicyclic) bond motifs is 4. The van der Waals surface area contributed by atoms with Gasteiger partial charge in [0.2, 0.25) is 0 Å². The number of carbonyl (C=O) groups is 1. The molecular weight excluding hydrogens is 376 g/mol. The van der Waals surface area contributed by atoms with Crippen molar-refractivity contribution in [2.75, 3.05) is 20.1 Å². The number of nitrogens with one attached hydrogen (secondary N) is 1. The maximum Gasteiger partial charge on any atom is 0.265 e. The van der Waals surface area contributed by atoms with Gasteiger partial charge in [-0.25, -0.2) is 4.98 Å². The summed E-state index contributed by atoms with van der Waals surface area (Å²) in [6.45, 7) is 1.66. The van der Waals surface area contributed by atoms with Gasteiger partial charge in [0.15, 0.2) is 5.65 Å². The molecule has 0 aliphatic carbocycles. The molecule has 1 amide bonds. The first-order valence-electron chi connectivity index (χ1n) is 8.94. The van der Waals surface area contributed by atoms with Gasteiger partial charge in [-0.2, -0.15) is 0 Å². The van der Waals surface area contributed by atoms with Crippen molar-refractivity contribution in [1.29, 1.82) is 0 Å². The Hall–Kier alpha value is -2.96.